The summed E-state index contributed by atoms with van der Waals surface area (Å²) in [5.74, 6) is 1.44. The molecule has 0 aliphatic carbocycles. The molecule has 4 heterocycles. The van der Waals surface area contributed by atoms with Crippen molar-refractivity contribution in [3.63, 3.8) is 0 Å². The molecule has 0 bridgehead atoms. The molecule has 0 radical (unpaired) electrons. The SMILES string of the molecule is C=CCNc1nc2c(C)cccn2c(=O)c1/C=C1\SC(=S)N(Cc2ccc3c(c2)OCO3)C1=O. The predicted octanol–water partition coefficient (Wildman–Crippen LogP) is 3.73. The predicted molar refractivity (Wildman–Crippen MR) is 136 cm³/mol. The quantitative estimate of drug-likeness (QED) is 0.317. The summed E-state index contributed by atoms with van der Waals surface area (Å²) in [5.41, 5.74) is 2.28. The van der Waals surface area contributed by atoms with Crippen molar-refractivity contribution in [3.05, 3.63) is 81.1 Å². The van der Waals surface area contributed by atoms with Crippen LogP contribution in [-0.4, -0.2) is 37.8 Å². The van der Waals surface area contributed by atoms with Gasteiger partial charge in [-0.2, -0.15) is 0 Å². The first-order chi connectivity index (χ1) is 16.5. The highest BCUT2D eigenvalue weighted by Gasteiger charge is 2.33. The second-order valence-electron chi connectivity index (χ2n) is 7.69. The lowest BCUT2D eigenvalue weighted by atomic mass is 10.2. The third-order valence-corrected chi connectivity index (χ3v) is 6.80. The number of ether oxygens (including phenoxy) is 2. The Morgan fingerprint density at radius 1 is 1.26 bits per heavy atom. The summed E-state index contributed by atoms with van der Waals surface area (Å²) in [5, 5.41) is 3.12. The monoisotopic (exact) mass is 492 g/mol. The van der Waals surface area contributed by atoms with E-state index in [1.165, 1.54) is 9.30 Å². The van der Waals surface area contributed by atoms with Gasteiger partial charge in [0.05, 0.1) is 17.0 Å². The normalized spacial score (nSPS) is 16.0. The number of rotatable bonds is 6. The number of pyridine rings is 1. The van der Waals surface area contributed by atoms with Crippen molar-refractivity contribution < 1.29 is 14.3 Å². The molecule has 1 fully saturated rings. The molecule has 0 unspecified atom stereocenters. The summed E-state index contributed by atoms with van der Waals surface area (Å²) in [6, 6.07) is 9.20. The van der Waals surface area contributed by atoms with Crippen LogP contribution in [0.15, 0.2) is 58.9 Å². The average Bonchev–Trinajstić information content (AvgIpc) is 3.40. The summed E-state index contributed by atoms with van der Waals surface area (Å²) < 4.78 is 12.7. The van der Waals surface area contributed by atoms with Gasteiger partial charge >= 0.3 is 0 Å². The smallest absolute Gasteiger partial charge is 0.267 e. The van der Waals surface area contributed by atoms with Crippen molar-refractivity contribution in [2.75, 3.05) is 18.7 Å². The summed E-state index contributed by atoms with van der Waals surface area (Å²) in [7, 11) is 0. The van der Waals surface area contributed by atoms with E-state index in [0.717, 1.165) is 22.9 Å². The second-order valence-corrected chi connectivity index (χ2v) is 9.36. The molecule has 8 nitrogen and oxygen atoms in total. The number of aromatic nitrogens is 2. The van der Waals surface area contributed by atoms with Gasteiger partial charge in [0, 0.05) is 12.7 Å². The number of aryl methyl sites for hydroxylation is 1. The first kappa shape index (κ1) is 22.2. The Morgan fingerprint density at radius 3 is 2.91 bits per heavy atom. The van der Waals surface area contributed by atoms with Gasteiger partial charge in [-0.3, -0.25) is 18.9 Å². The zero-order chi connectivity index (χ0) is 23.8. The maximum atomic E-state index is 13.3. The van der Waals surface area contributed by atoms with Crippen LogP contribution in [-0.2, 0) is 11.3 Å². The molecule has 1 saturated heterocycles. The molecule has 1 aromatic carbocycles. The largest absolute Gasteiger partial charge is 0.454 e. The van der Waals surface area contributed by atoms with Crippen molar-refractivity contribution >= 4 is 51.7 Å². The van der Waals surface area contributed by atoms with Gasteiger partial charge in [0.2, 0.25) is 6.79 Å². The summed E-state index contributed by atoms with van der Waals surface area (Å²) in [4.78, 5) is 33.1. The molecule has 2 aromatic heterocycles. The number of hydrogen-bond acceptors (Lipinski definition) is 8. The molecular weight excluding hydrogens is 472 g/mol. The molecule has 3 aromatic rings. The minimum absolute atomic E-state index is 0.180. The molecule has 34 heavy (non-hydrogen) atoms. The molecule has 0 spiro atoms. The van der Waals surface area contributed by atoms with E-state index >= 15 is 0 Å². The lowest BCUT2D eigenvalue weighted by Gasteiger charge is -2.15. The van der Waals surface area contributed by atoms with Gasteiger partial charge in [-0.05, 0) is 42.3 Å². The van der Waals surface area contributed by atoms with Crippen LogP contribution in [0.4, 0.5) is 5.82 Å². The van der Waals surface area contributed by atoms with Crippen molar-refractivity contribution in [1.82, 2.24) is 14.3 Å². The molecule has 1 amide bonds. The second kappa shape index (κ2) is 8.96. The molecule has 5 rings (SSSR count). The topological polar surface area (TPSA) is 85.2 Å². The highest BCUT2D eigenvalue weighted by molar-refractivity contribution is 8.26. The van der Waals surface area contributed by atoms with Crippen molar-refractivity contribution in [3.8, 4) is 11.5 Å². The number of fused-ring (bicyclic) bond motifs is 2. The molecule has 0 atom stereocenters. The zero-order valence-corrected chi connectivity index (χ0v) is 19.9. The minimum Gasteiger partial charge on any atom is -0.454 e. The van der Waals surface area contributed by atoms with Crippen LogP contribution in [0.3, 0.4) is 0 Å². The Bertz CT molecular complexity index is 1450. The van der Waals surface area contributed by atoms with E-state index in [0.29, 0.717) is 38.7 Å². The Kier molecular flexibility index (Phi) is 5.84. The Morgan fingerprint density at radius 2 is 2.09 bits per heavy atom. The van der Waals surface area contributed by atoms with E-state index in [9.17, 15) is 9.59 Å². The van der Waals surface area contributed by atoms with Gasteiger partial charge in [0.25, 0.3) is 11.5 Å². The standard InChI is InChI=1S/C24H20N4O4S2/c1-3-8-25-20-16(22(29)27-9-4-5-14(2)21(27)26-20)11-19-23(30)28(24(33)34-19)12-15-6-7-17-18(10-15)32-13-31-17/h3-7,9-11,25H,1,8,12-13H2,2H3/b19-11-. The van der Waals surface area contributed by atoms with Gasteiger partial charge in [-0.1, -0.05) is 42.2 Å². The van der Waals surface area contributed by atoms with Crippen LogP contribution in [0.2, 0.25) is 0 Å². The fraction of sp³-hybridized carbons (Fsp3) is 0.167. The molecule has 1 N–H and O–H groups in total. The lowest BCUT2D eigenvalue weighted by molar-refractivity contribution is -0.122. The van der Waals surface area contributed by atoms with Gasteiger partial charge < -0.3 is 14.8 Å². The van der Waals surface area contributed by atoms with Gasteiger partial charge in [0.1, 0.15) is 15.8 Å². The maximum absolute atomic E-state index is 13.3. The van der Waals surface area contributed by atoms with E-state index in [2.05, 4.69) is 16.9 Å². The summed E-state index contributed by atoms with van der Waals surface area (Å²) in [6.45, 7) is 6.49. The van der Waals surface area contributed by atoms with Crippen LogP contribution < -0.4 is 20.3 Å². The molecule has 2 aliphatic heterocycles. The molecule has 2 aliphatic rings. The Hall–Kier alpha value is -3.63. The lowest BCUT2D eigenvalue weighted by Crippen LogP contribution is -2.27. The number of thiocarbonyl (C=S) groups is 1. The van der Waals surface area contributed by atoms with E-state index < -0.39 is 0 Å². The fourth-order valence-corrected chi connectivity index (χ4v) is 4.97. The van der Waals surface area contributed by atoms with Crippen LogP contribution in [0.25, 0.3) is 11.7 Å². The van der Waals surface area contributed by atoms with Crippen LogP contribution >= 0.6 is 24.0 Å². The van der Waals surface area contributed by atoms with E-state index in [1.807, 2.05) is 31.2 Å². The number of nitrogens with one attached hydrogen (secondary N) is 1. The van der Waals surface area contributed by atoms with Crippen LogP contribution in [0.5, 0.6) is 11.5 Å². The first-order valence-electron chi connectivity index (χ1n) is 10.5. The third-order valence-electron chi connectivity index (χ3n) is 5.42. The highest BCUT2D eigenvalue weighted by Crippen LogP contribution is 2.36. The molecular formula is C24H20N4O4S2. The van der Waals surface area contributed by atoms with Gasteiger partial charge in [0.15, 0.2) is 11.5 Å². The first-order valence-corrected chi connectivity index (χ1v) is 11.7. The maximum Gasteiger partial charge on any atom is 0.267 e. The molecule has 0 saturated carbocycles. The van der Waals surface area contributed by atoms with E-state index in [-0.39, 0.29) is 30.4 Å². The number of carbonyl (C=O) groups is 1. The van der Waals surface area contributed by atoms with Crippen LogP contribution in [0, 0.1) is 6.92 Å². The number of benzene rings is 1. The van der Waals surface area contributed by atoms with Crippen molar-refractivity contribution in [2.45, 2.75) is 13.5 Å². The number of carbonyl (C=O) groups excluding carboxylic acids is 1. The third kappa shape index (κ3) is 3.95. The van der Waals surface area contributed by atoms with Crippen molar-refractivity contribution in [2.24, 2.45) is 0 Å². The number of anilines is 1. The summed E-state index contributed by atoms with van der Waals surface area (Å²) in [6.07, 6.45) is 4.90. The summed E-state index contributed by atoms with van der Waals surface area (Å²) >= 11 is 6.64. The minimum atomic E-state index is -0.277. The zero-order valence-electron chi connectivity index (χ0n) is 18.2. The Labute approximate surface area is 204 Å². The number of amides is 1. The molecule has 172 valence electrons. The number of nitrogens with zero attached hydrogens (tertiary/aromatic N) is 3. The van der Waals surface area contributed by atoms with E-state index in [4.69, 9.17) is 21.7 Å². The number of thioether (sulfide) groups is 1. The molecule has 10 heteroatoms. The Balaban J connectivity index is 1.50. The van der Waals surface area contributed by atoms with Gasteiger partial charge in [-0.25, -0.2) is 4.98 Å². The van der Waals surface area contributed by atoms with Crippen molar-refractivity contribution in [1.29, 1.82) is 0 Å². The highest BCUT2D eigenvalue weighted by atomic mass is 32.2. The van der Waals surface area contributed by atoms with Gasteiger partial charge in [-0.15, -0.1) is 6.58 Å². The number of hydrogen-bond donors (Lipinski definition) is 1. The van der Waals surface area contributed by atoms with Crippen LogP contribution in [0.1, 0.15) is 16.7 Å². The fourth-order valence-electron chi connectivity index (χ4n) is 3.73. The average molecular weight is 493 g/mol. The van der Waals surface area contributed by atoms with E-state index in [1.54, 1.807) is 24.4 Å².